The molecule has 0 spiro atoms. The number of nitrogens with one attached hydrogen (secondary N) is 1. The second-order valence-corrected chi connectivity index (χ2v) is 3.21. The molecule has 0 saturated heterocycles. The van der Waals surface area contributed by atoms with Crippen molar-refractivity contribution in [3.05, 3.63) is 29.8 Å². The molecule has 12 heavy (non-hydrogen) atoms. The number of benzene rings is 1. The Labute approximate surface area is 79.7 Å². The molecular formula is C10H17NS. The van der Waals surface area contributed by atoms with Crippen LogP contribution in [-0.2, 0) is 0 Å². The minimum Gasteiger partial charge on any atom is -0.263 e. The van der Waals surface area contributed by atoms with Crippen LogP contribution in [0.5, 0.6) is 0 Å². The minimum absolute atomic E-state index is 1.27. The summed E-state index contributed by atoms with van der Waals surface area (Å²) in [6.45, 7) is 6.10. The van der Waals surface area contributed by atoms with Crippen molar-refractivity contribution in [3.8, 4) is 0 Å². The Hall–Kier alpha value is -0.470. The third-order valence-corrected chi connectivity index (χ3v) is 1.90. The van der Waals surface area contributed by atoms with E-state index in [-0.39, 0.29) is 0 Å². The first-order chi connectivity index (χ1) is 5.83. The van der Waals surface area contributed by atoms with Crippen LogP contribution in [0.2, 0.25) is 0 Å². The normalized spacial score (nSPS) is 8.67. The highest BCUT2D eigenvalue weighted by molar-refractivity contribution is 7.97. The zero-order valence-corrected chi connectivity index (χ0v) is 9.03. The van der Waals surface area contributed by atoms with Gasteiger partial charge in [0, 0.05) is 4.90 Å². The monoisotopic (exact) mass is 183 g/mol. The van der Waals surface area contributed by atoms with E-state index in [0.717, 1.165) is 0 Å². The van der Waals surface area contributed by atoms with Gasteiger partial charge in [0.2, 0.25) is 0 Å². The second kappa shape index (κ2) is 7.19. The summed E-state index contributed by atoms with van der Waals surface area (Å²) in [4.78, 5) is 1.27. The molecule has 1 nitrogen and oxygen atoms in total. The van der Waals surface area contributed by atoms with Gasteiger partial charge in [-0.05, 0) is 43.6 Å². The van der Waals surface area contributed by atoms with Gasteiger partial charge in [-0.3, -0.25) is 4.72 Å². The van der Waals surface area contributed by atoms with Crippen LogP contribution in [0.25, 0.3) is 0 Å². The van der Waals surface area contributed by atoms with Gasteiger partial charge < -0.3 is 0 Å². The average Bonchev–Trinajstić information content (AvgIpc) is 2.09. The SMILES string of the molecule is CC.CNSc1cccc(C)c1. The molecule has 0 amide bonds. The van der Waals surface area contributed by atoms with E-state index in [9.17, 15) is 0 Å². The molecule has 0 radical (unpaired) electrons. The molecule has 1 aromatic rings. The van der Waals surface area contributed by atoms with E-state index >= 15 is 0 Å². The van der Waals surface area contributed by atoms with E-state index in [1.165, 1.54) is 10.5 Å². The summed E-state index contributed by atoms with van der Waals surface area (Å²) in [5, 5.41) is 0. The predicted octanol–water partition coefficient (Wildman–Crippen LogP) is 3.25. The summed E-state index contributed by atoms with van der Waals surface area (Å²) in [5.74, 6) is 0. The lowest BCUT2D eigenvalue weighted by Gasteiger charge is -1.98. The Morgan fingerprint density at radius 2 is 1.92 bits per heavy atom. The first kappa shape index (κ1) is 11.5. The van der Waals surface area contributed by atoms with E-state index < -0.39 is 0 Å². The standard InChI is InChI=1S/C8H11NS.C2H6/c1-7-4-3-5-8(6-7)10-9-2;1-2/h3-6,9H,1-2H3;1-2H3. The molecular weight excluding hydrogens is 166 g/mol. The Balaban J connectivity index is 0.000000561. The van der Waals surface area contributed by atoms with Crippen LogP contribution in [0.3, 0.4) is 0 Å². The lowest BCUT2D eigenvalue weighted by molar-refractivity contribution is 1.27. The fourth-order valence-corrected chi connectivity index (χ4v) is 1.42. The molecule has 0 aliphatic heterocycles. The topological polar surface area (TPSA) is 12.0 Å². The smallest absolute Gasteiger partial charge is 0.0230 e. The quantitative estimate of drug-likeness (QED) is 0.706. The number of aryl methyl sites for hydroxylation is 1. The lowest BCUT2D eigenvalue weighted by Crippen LogP contribution is -1.89. The van der Waals surface area contributed by atoms with Gasteiger partial charge in [0.15, 0.2) is 0 Å². The highest BCUT2D eigenvalue weighted by Gasteiger charge is 1.89. The van der Waals surface area contributed by atoms with Gasteiger partial charge >= 0.3 is 0 Å². The molecule has 1 N–H and O–H groups in total. The van der Waals surface area contributed by atoms with Crippen molar-refractivity contribution in [2.75, 3.05) is 7.05 Å². The second-order valence-electron chi connectivity index (χ2n) is 2.12. The van der Waals surface area contributed by atoms with Gasteiger partial charge in [0.1, 0.15) is 0 Å². The Bertz CT molecular complexity index is 211. The molecule has 0 unspecified atom stereocenters. The fourth-order valence-electron chi connectivity index (χ4n) is 0.797. The first-order valence-corrected chi connectivity index (χ1v) is 5.05. The minimum atomic E-state index is 1.27. The van der Waals surface area contributed by atoms with Crippen LogP contribution in [0.4, 0.5) is 0 Å². The molecule has 0 saturated carbocycles. The van der Waals surface area contributed by atoms with E-state index in [1.54, 1.807) is 11.9 Å². The molecule has 0 heterocycles. The molecule has 68 valence electrons. The van der Waals surface area contributed by atoms with Crippen LogP contribution in [0.1, 0.15) is 19.4 Å². The average molecular weight is 183 g/mol. The van der Waals surface area contributed by atoms with Crippen molar-refractivity contribution in [3.63, 3.8) is 0 Å². The first-order valence-electron chi connectivity index (χ1n) is 4.23. The van der Waals surface area contributed by atoms with Gasteiger partial charge in [-0.25, -0.2) is 0 Å². The zero-order chi connectivity index (χ0) is 9.40. The van der Waals surface area contributed by atoms with Gasteiger partial charge in [0.25, 0.3) is 0 Å². The lowest BCUT2D eigenvalue weighted by atomic mass is 10.2. The van der Waals surface area contributed by atoms with Gasteiger partial charge in [-0.2, -0.15) is 0 Å². The van der Waals surface area contributed by atoms with E-state index in [0.29, 0.717) is 0 Å². The van der Waals surface area contributed by atoms with Crippen molar-refractivity contribution >= 4 is 11.9 Å². The van der Waals surface area contributed by atoms with Crippen molar-refractivity contribution < 1.29 is 0 Å². The van der Waals surface area contributed by atoms with Crippen molar-refractivity contribution in [1.82, 2.24) is 4.72 Å². The van der Waals surface area contributed by atoms with Crippen LogP contribution in [0.15, 0.2) is 29.2 Å². The van der Waals surface area contributed by atoms with Crippen LogP contribution in [0, 0.1) is 6.92 Å². The molecule has 1 rings (SSSR count). The molecule has 0 atom stereocenters. The van der Waals surface area contributed by atoms with Crippen molar-refractivity contribution in [1.29, 1.82) is 0 Å². The number of rotatable bonds is 2. The van der Waals surface area contributed by atoms with Crippen LogP contribution < -0.4 is 4.72 Å². The third kappa shape index (κ3) is 4.42. The molecule has 0 aliphatic rings. The Morgan fingerprint density at radius 3 is 2.42 bits per heavy atom. The van der Waals surface area contributed by atoms with Gasteiger partial charge in [0.05, 0.1) is 0 Å². The van der Waals surface area contributed by atoms with E-state index in [2.05, 4.69) is 35.9 Å². The number of hydrogen-bond donors (Lipinski definition) is 1. The Kier molecular flexibility index (Phi) is 6.91. The van der Waals surface area contributed by atoms with Crippen molar-refractivity contribution in [2.24, 2.45) is 0 Å². The highest BCUT2D eigenvalue weighted by Crippen LogP contribution is 2.14. The summed E-state index contributed by atoms with van der Waals surface area (Å²) >= 11 is 1.64. The van der Waals surface area contributed by atoms with E-state index in [1.807, 2.05) is 20.9 Å². The summed E-state index contributed by atoms with van der Waals surface area (Å²) in [6.07, 6.45) is 0. The van der Waals surface area contributed by atoms with E-state index in [4.69, 9.17) is 0 Å². The summed E-state index contributed by atoms with van der Waals surface area (Å²) in [7, 11) is 1.92. The highest BCUT2D eigenvalue weighted by atomic mass is 32.2. The largest absolute Gasteiger partial charge is 0.263 e. The van der Waals surface area contributed by atoms with Crippen molar-refractivity contribution in [2.45, 2.75) is 25.7 Å². The maximum Gasteiger partial charge on any atom is 0.0230 e. The summed E-state index contributed by atoms with van der Waals surface area (Å²) in [6, 6.07) is 8.41. The van der Waals surface area contributed by atoms with Crippen LogP contribution >= 0.6 is 11.9 Å². The van der Waals surface area contributed by atoms with Gasteiger partial charge in [-0.1, -0.05) is 26.0 Å². The summed E-state index contributed by atoms with van der Waals surface area (Å²) in [5.41, 5.74) is 1.31. The maximum atomic E-state index is 3.03. The molecule has 0 bridgehead atoms. The predicted molar refractivity (Wildman–Crippen MR) is 57.4 cm³/mol. The van der Waals surface area contributed by atoms with Crippen LogP contribution in [-0.4, -0.2) is 7.05 Å². The molecule has 0 aromatic heterocycles. The van der Waals surface area contributed by atoms with Gasteiger partial charge in [-0.15, -0.1) is 0 Å². The summed E-state index contributed by atoms with van der Waals surface area (Å²) < 4.78 is 3.03. The number of hydrogen-bond acceptors (Lipinski definition) is 2. The third-order valence-electron chi connectivity index (χ3n) is 1.21. The molecule has 0 fully saturated rings. The molecule has 2 heteroatoms. The Morgan fingerprint density at radius 1 is 1.25 bits per heavy atom. The fraction of sp³-hybridized carbons (Fsp3) is 0.400. The zero-order valence-electron chi connectivity index (χ0n) is 8.22. The molecule has 1 aromatic carbocycles. The molecule has 0 aliphatic carbocycles. The maximum absolute atomic E-state index is 3.03.